The van der Waals surface area contributed by atoms with Crippen LogP contribution < -0.4 is 5.32 Å². The summed E-state index contributed by atoms with van der Waals surface area (Å²) < 4.78 is 33.0. The van der Waals surface area contributed by atoms with Crippen molar-refractivity contribution in [3.05, 3.63) is 59.4 Å². The molecule has 9 heteroatoms. The molecule has 1 aliphatic rings. The van der Waals surface area contributed by atoms with Gasteiger partial charge in [-0.3, -0.25) is 4.98 Å². The molecule has 0 bridgehead atoms. The van der Waals surface area contributed by atoms with Crippen molar-refractivity contribution in [2.75, 3.05) is 26.7 Å². The van der Waals surface area contributed by atoms with Gasteiger partial charge in [-0.15, -0.1) is 12.4 Å². The average Bonchev–Trinajstić information content (AvgIpc) is 2.68. The van der Waals surface area contributed by atoms with E-state index in [1.54, 1.807) is 37.5 Å². The van der Waals surface area contributed by atoms with Gasteiger partial charge in [0.15, 0.2) is 0 Å². The van der Waals surface area contributed by atoms with Gasteiger partial charge in [0.1, 0.15) is 0 Å². The Kier molecular flexibility index (Phi) is 6.94. The van der Waals surface area contributed by atoms with Crippen LogP contribution in [0.2, 0.25) is 0 Å². The second-order valence-electron chi connectivity index (χ2n) is 6.09. The van der Waals surface area contributed by atoms with Gasteiger partial charge in [0.05, 0.1) is 23.6 Å². The smallest absolute Gasteiger partial charge is 0.337 e. The lowest BCUT2D eigenvalue weighted by molar-refractivity contribution is 0.0600. The lowest BCUT2D eigenvalue weighted by atomic mass is 10.1. The van der Waals surface area contributed by atoms with E-state index in [-0.39, 0.29) is 28.9 Å². The zero-order valence-corrected chi connectivity index (χ0v) is 16.7. The van der Waals surface area contributed by atoms with E-state index in [1.807, 2.05) is 6.07 Å². The second kappa shape index (κ2) is 8.79. The van der Waals surface area contributed by atoms with Crippen LogP contribution in [0.5, 0.6) is 0 Å². The predicted molar refractivity (Wildman–Crippen MR) is 104 cm³/mol. The third-order valence-electron chi connectivity index (χ3n) is 4.46. The first-order chi connectivity index (χ1) is 12.4. The number of benzene rings is 1. The molecular formula is C18H22ClN3O4S. The molecule has 0 saturated carbocycles. The number of carbonyl (C=O) groups is 1. The normalized spacial score (nSPS) is 17.8. The van der Waals surface area contributed by atoms with Gasteiger partial charge < -0.3 is 10.1 Å². The highest BCUT2D eigenvalue weighted by Crippen LogP contribution is 2.30. The van der Waals surface area contributed by atoms with E-state index < -0.39 is 16.0 Å². The van der Waals surface area contributed by atoms with Gasteiger partial charge in [-0.05, 0) is 36.2 Å². The molecule has 1 atom stereocenters. The van der Waals surface area contributed by atoms with Crippen molar-refractivity contribution in [1.29, 1.82) is 0 Å². The highest BCUT2D eigenvalue weighted by molar-refractivity contribution is 7.89. The number of sulfonamides is 1. The van der Waals surface area contributed by atoms with Crippen LogP contribution in [-0.2, 0) is 14.8 Å². The highest BCUT2D eigenvalue weighted by atomic mass is 35.5. The molecule has 1 N–H and O–H groups in total. The van der Waals surface area contributed by atoms with Gasteiger partial charge in [-0.1, -0.05) is 12.1 Å². The molecule has 1 saturated heterocycles. The minimum atomic E-state index is -3.80. The molecule has 0 amide bonds. The summed E-state index contributed by atoms with van der Waals surface area (Å²) in [5.74, 6) is -0.564. The summed E-state index contributed by atoms with van der Waals surface area (Å²) in [7, 11) is -2.53. The number of nitrogens with zero attached hydrogens (tertiary/aromatic N) is 2. The third kappa shape index (κ3) is 4.30. The van der Waals surface area contributed by atoms with Crippen LogP contribution in [0.1, 0.15) is 27.5 Å². The minimum absolute atomic E-state index is 0. The Morgan fingerprint density at radius 2 is 2.11 bits per heavy atom. The van der Waals surface area contributed by atoms with Crippen LogP contribution in [0.4, 0.5) is 0 Å². The van der Waals surface area contributed by atoms with E-state index in [0.29, 0.717) is 25.2 Å². The van der Waals surface area contributed by atoms with E-state index in [4.69, 9.17) is 4.74 Å². The van der Waals surface area contributed by atoms with Crippen molar-refractivity contribution >= 4 is 28.4 Å². The fraction of sp³-hybridized carbons (Fsp3) is 0.333. The number of nitrogens with one attached hydrogen (secondary N) is 1. The Labute approximate surface area is 165 Å². The maximum Gasteiger partial charge on any atom is 0.337 e. The van der Waals surface area contributed by atoms with Crippen molar-refractivity contribution in [3.8, 4) is 0 Å². The first-order valence-corrected chi connectivity index (χ1v) is 9.70. The fourth-order valence-corrected chi connectivity index (χ4v) is 4.95. The zero-order chi connectivity index (χ0) is 18.7. The monoisotopic (exact) mass is 411 g/mol. The van der Waals surface area contributed by atoms with Crippen LogP contribution in [0.3, 0.4) is 0 Å². The molecule has 0 aliphatic carbocycles. The lowest BCUT2D eigenvalue weighted by Gasteiger charge is -2.35. The van der Waals surface area contributed by atoms with E-state index in [0.717, 1.165) is 5.56 Å². The van der Waals surface area contributed by atoms with Crippen LogP contribution >= 0.6 is 12.4 Å². The SMILES string of the molecule is COC(=O)c1ccc(C)c(S(=O)(=O)N2CCNCC2c2cccnc2)c1.Cl. The summed E-state index contributed by atoms with van der Waals surface area (Å²) in [6, 6.07) is 7.88. The van der Waals surface area contributed by atoms with E-state index >= 15 is 0 Å². The van der Waals surface area contributed by atoms with Crippen LogP contribution in [0, 0.1) is 6.92 Å². The van der Waals surface area contributed by atoms with Crippen molar-refractivity contribution in [2.45, 2.75) is 17.9 Å². The molecular weight excluding hydrogens is 390 g/mol. The molecule has 27 heavy (non-hydrogen) atoms. The summed E-state index contributed by atoms with van der Waals surface area (Å²) in [5, 5.41) is 3.23. The molecule has 0 spiro atoms. The molecule has 1 aromatic heterocycles. The second-order valence-corrected chi connectivity index (χ2v) is 7.95. The van der Waals surface area contributed by atoms with E-state index in [9.17, 15) is 13.2 Å². The Morgan fingerprint density at radius 3 is 2.78 bits per heavy atom. The van der Waals surface area contributed by atoms with Crippen molar-refractivity contribution < 1.29 is 17.9 Å². The quantitative estimate of drug-likeness (QED) is 0.773. The molecule has 3 rings (SSSR count). The Bertz CT molecular complexity index is 906. The summed E-state index contributed by atoms with van der Waals surface area (Å²) in [6.07, 6.45) is 3.33. The van der Waals surface area contributed by atoms with Gasteiger partial charge >= 0.3 is 5.97 Å². The number of aromatic nitrogens is 1. The molecule has 2 aromatic rings. The number of hydrogen-bond acceptors (Lipinski definition) is 6. The summed E-state index contributed by atoms with van der Waals surface area (Å²) in [4.78, 5) is 16.0. The maximum absolute atomic E-state index is 13.4. The average molecular weight is 412 g/mol. The number of hydrogen-bond donors (Lipinski definition) is 1. The van der Waals surface area contributed by atoms with E-state index in [2.05, 4.69) is 10.3 Å². The third-order valence-corrected chi connectivity index (χ3v) is 6.51. The molecule has 1 unspecified atom stereocenters. The number of aryl methyl sites for hydroxylation is 1. The first kappa shape index (κ1) is 21.3. The molecule has 7 nitrogen and oxygen atoms in total. The number of methoxy groups -OCH3 is 1. The van der Waals surface area contributed by atoms with Gasteiger partial charge in [0, 0.05) is 32.0 Å². The Hall–Kier alpha value is -2.00. The zero-order valence-electron chi connectivity index (χ0n) is 15.1. The number of halogens is 1. The lowest BCUT2D eigenvalue weighted by Crippen LogP contribution is -2.48. The molecule has 0 radical (unpaired) electrons. The van der Waals surface area contributed by atoms with Crippen LogP contribution in [0.15, 0.2) is 47.6 Å². The summed E-state index contributed by atoms with van der Waals surface area (Å²) in [5.41, 5.74) is 1.62. The van der Waals surface area contributed by atoms with Gasteiger partial charge in [0.25, 0.3) is 0 Å². The van der Waals surface area contributed by atoms with Gasteiger partial charge in [0.2, 0.25) is 10.0 Å². The fourth-order valence-electron chi connectivity index (χ4n) is 3.08. The highest BCUT2D eigenvalue weighted by Gasteiger charge is 2.35. The number of carbonyl (C=O) groups excluding carboxylic acids is 1. The number of rotatable bonds is 4. The molecule has 1 aromatic carbocycles. The standard InChI is InChI=1S/C18H21N3O4S.ClH/c1-13-5-6-14(18(22)25-2)10-17(13)26(23,24)21-9-8-20-12-16(21)15-4-3-7-19-11-15;/h3-7,10-11,16,20H,8-9,12H2,1-2H3;1H. The first-order valence-electron chi connectivity index (χ1n) is 8.26. The minimum Gasteiger partial charge on any atom is -0.465 e. The van der Waals surface area contributed by atoms with Crippen LogP contribution in [-0.4, -0.2) is 50.4 Å². The molecule has 146 valence electrons. The Morgan fingerprint density at radius 1 is 1.33 bits per heavy atom. The summed E-state index contributed by atoms with van der Waals surface area (Å²) >= 11 is 0. The number of pyridine rings is 1. The maximum atomic E-state index is 13.4. The summed E-state index contributed by atoms with van der Waals surface area (Å²) in [6.45, 7) is 3.12. The van der Waals surface area contributed by atoms with Crippen molar-refractivity contribution in [3.63, 3.8) is 0 Å². The largest absolute Gasteiger partial charge is 0.465 e. The van der Waals surface area contributed by atoms with Gasteiger partial charge in [-0.25, -0.2) is 13.2 Å². The van der Waals surface area contributed by atoms with E-state index in [1.165, 1.54) is 17.5 Å². The molecule has 1 fully saturated rings. The molecule has 2 heterocycles. The van der Waals surface area contributed by atoms with Crippen molar-refractivity contribution in [1.82, 2.24) is 14.6 Å². The number of piperazine rings is 1. The topological polar surface area (TPSA) is 88.6 Å². The van der Waals surface area contributed by atoms with Crippen LogP contribution in [0.25, 0.3) is 0 Å². The predicted octanol–water partition coefficient (Wildman–Crippen LogP) is 1.93. The molecule has 1 aliphatic heterocycles. The van der Waals surface area contributed by atoms with Gasteiger partial charge in [-0.2, -0.15) is 4.31 Å². The Balaban J connectivity index is 0.00000261. The number of ether oxygens (including phenoxy) is 1. The van der Waals surface area contributed by atoms with Crippen molar-refractivity contribution in [2.24, 2.45) is 0 Å². The number of esters is 1.